The van der Waals surface area contributed by atoms with E-state index in [0.29, 0.717) is 13.2 Å². The van der Waals surface area contributed by atoms with Crippen molar-refractivity contribution in [3.63, 3.8) is 0 Å². The van der Waals surface area contributed by atoms with Gasteiger partial charge in [-0.3, -0.25) is 0 Å². The molecule has 1 unspecified atom stereocenters. The second kappa shape index (κ2) is 8.93. The Hall–Kier alpha value is -2.53. The minimum Gasteiger partial charge on any atom is -0.489 e. The van der Waals surface area contributed by atoms with E-state index in [1.165, 1.54) is 4.90 Å². The molecule has 2 amide bonds. The van der Waals surface area contributed by atoms with Gasteiger partial charge in [-0.25, -0.2) is 4.79 Å². The number of hydrogen-bond acceptors (Lipinski definition) is 3. The van der Waals surface area contributed by atoms with Gasteiger partial charge in [0.05, 0.1) is 12.6 Å². The molecule has 128 valence electrons. The Morgan fingerprint density at radius 3 is 2.58 bits per heavy atom. The number of benzene rings is 2. The number of ether oxygens (including phenoxy) is 1. The van der Waals surface area contributed by atoms with Gasteiger partial charge in [-0.15, -0.1) is 0 Å². The van der Waals surface area contributed by atoms with Gasteiger partial charge in [0.25, 0.3) is 0 Å². The van der Waals surface area contributed by atoms with E-state index in [1.807, 2.05) is 54.6 Å². The van der Waals surface area contributed by atoms with Crippen molar-refractivity contribution >= 4 is 6.03 Å². The monoisotopic (exact) mass is 328 g/mol. The molecule has 0 radical (unpaired) electrons. The van der Waals surface area contributed by atoms with Crippen molar-refractivity contribution in [1.82, 2.24) is 10.2 Å². The van der Waals surface area contributed by atoms with E-state index in [1.54, 1.807) is 14.0 Å². The summed E-state index contributed by atoms with van der Waals surface area (Å²) in [6, 6.07) is 17.2. The summed E-state index contributed by atoms with van der Waals surface area (Å²) in [5.41, 5.74) is 2.06. The van der Waals surface area contributed by atoms with Crippen LogP contribution in [-0.2, 0) is 13.2 Å². The molecule has 0 heterocycles. The van der Waals surface area contributed by atoms with Crippen molar-refractivity contribution in [2.24, 2.45) is 0 Å². The van der Waals surface area contributed by atoms with Gasteiger partial charge in [-0.2, -0.15) is 0 Å². The van der Waals surface area contributed by atoms with Crippen molar-refractivity contribution in [2.75, 3.05) is 13.7 Å². The first-order valence-electron chi connectivity index (χ1n) is 7.97. The van der Waals surface area contributed by atoms with E-state index < -0.39 is 0 Å². The predicted molar refractivity (Wildman–Crippen MR) is 93.8 cm³/mol. The number of nitrogens with zero attached hydrogens (tertiary/aromatic N) is 1. The molecule has 0 spiro atoms. The van der Waals surface area contributed by atoms with Gasteiger partial charge in [-0.05, 0) is 30.2 Å². The molecule has 0 aliphatic carbocycles. The zero-order valence-electron chi connectivity index (χ0n) is 14.1. The third-order valence-corrected chi connectivity index (χ3v) is 3.84. The van der Waals surface area contributed by atoms with E-state index in [9.17, 15) is 4.79 Å². The summed E-state index contributed by atoms with van der Waals surface area (Å²) in [5.74, 6) is 0.766. The maximum atomic E-state index is 12.0. The standard InChI is InChI=1S/C19H24N2O3/c1-15(13-22)21(2)19(23)20-12-17-9-6-10-18(11-17)24-14-16-7-4-3-5-8-16/h3-11,15,22H,12-14H2,1-2H3,(H,20,23). The van der Waals surface area contributed by atoms with Gasteiger partial charge in [-0.1, -0.05) is 42.5 Å². The van der Waals surface area contributed by atoms with E-state index in [0.717, 1.165) is 16.9 Å². The van der Waals surface area contributed by atoms with Crippen LogP contribution in [0.5, 0.6) is 5.75 Å². The maximum Gasteiger partial charge on any atom is 0.317 e. The van der Waals surface area contributed by atoms with Crippen LogP contribution in [0.4, 0.5) is 4.79 Å². The molecule has 2 aromatic rings. The molecule has 5 heteroatoms. The molecule has 2 aromatic carbocycles. The zero-order chi connectivity index (χ0) is 17.4. The number of aliphatic hydroxyl groups excluding tert-OH is 1. The van der Waals surface area contributed by atoms with Crippen molar-refractivity contribution < 1.29 is 14.6 Å². The molecule has 5 nitrogen and oxygen atoms in total. The Labute approximate surface area is 142 Å². The third-order valence-electron chi connectivity index (χ3n) is 3.84. The lowest BCUT2D eigenvalue weighted by molar-refractivity contribution is 0.157. The van der Waals surface area contributed by atoms with Crippen molar-refractivity contribution in [2.45, 2.75) is 26.1 Å². The Morgan fingerprint density at radius 2 is 1.88 bits per heavy atom. The largest absolute Gasteiger partial charge is 0.489 e. The molecule has 0 saturated carbocycles. The normalized spacial score (nSPS) is 11.6. The summed E-state index contributed by atoms with van der Waals surface area (Å²) in [6.45, 7) is 2.64. The fourth-order valence-corrected chi connectivity index (χ4v) is 2.11. The summed E-state index contributed by atoms with van der Waals surface area (Å²) in [6.07, 6.45) is 0. The van der Waals surface area contributed by atoms with Crippen LogP contribution in [0.1, 0.15) is 18.1 Å². The SMILES string of the molecule is CC(CO)N(C)C(=O)NCc1cccc(OCc2ccccc2)c1. The molecule has 0 saturated heterocycles. The Morgan fingerprint density at radius 1 is 1.17 bits per heavy atom. The molecule has 0 aliphatic heterocycles. The minimum atomic E-state index is -0.217. The van der Waals surface area contributed by atoms with Crippen LogP contribution in [0.15, 0.2) is 54.6 Å². The number of likely N-dealkylation sites (N-methyl/N-ethyl adjacent to an activating group) is 1. The molecular formula is C19H24N2O3. The lowest BCUT2D eigenvalue weighted by Gasteiger charge is -2.23. The topological polar surface area (TPSA) is 61.8 Å². The van der Waals surface area contributed by atoms with Gasteiger partial charge in [0.15, 0.2) is 0 Å². The average Bonchev–Trinajstić information content (AvgIpc) is 2.64. The summed E-state index contributed by atoms with van der Waals surface area (Å²) in [4.78, 5) is 13.5. The van der Waals surface area contributed by atoms with Gasteiger partial charge < -0.3 is 20.1 Å². The zero-order valence-corrected chi connectivity index (χ0v) is 14.1. The molecule has 2 N–H and O–H groups in total. The van der Waals surface area contributed by atoms with E-state index in [2.05, 4.69) is 5.32 Å². The van der Waals surface area contributed by atoms with Crippen LogP contribution >= 0.6 is 0 Å². The van der Waals surface area contributed by atoms with Gasteiger partial charge in [0.1, 0.15) is 12.4 Å². The van der Waals surface area contributed by atoms with Gasteiger partial charge >= 0.3 is 6.03 Å². The highest BCUT2D eigenvalue weighted by Crippen LogP contribution is 2.15. The number of rotatable bonds is 7. The average molecular weight is 328 g/mol. The Kier molecular flexibility index (Phi) is 6.63. The number of carbonyl (C=O) groups is 1. The highest BCUT2D eigenvalue weighted by Gasteiger charge is 2.14. The van der Waals surface area contributed by atoms with Crippen LogP contribution in [0, 0.1) is 0 Å². The minimum absolute atomic E-state index is 0.0628. The number of aliphatic hydroxyl groups is 1. The lowest BCUT2D eigenvalue weighted by Crippen LogP contribution is -2.43. The summed E-state index contributed by atoms with van der Waals surface area (Å²) in [5, 5.41) is 11.9. The number of carbonyl (C=O) groups excluding carboxylic acids is 1. The molecule has 0 aliphatic rings. The van der Waals surface area contributed by atoms with Crippen molar-refractivity contribution in [1.29, 1.82) is 0 Å². The van der Waals surface area contributed by atoms with Crippen LogP contribution in [0.3, 0.4) is 0 Å². The van der Waals surface area contributed by atoms with E-state index in [-0.39, 0.29) is 18.7 Å². The molecule has 0 bridgehead atoms. The fourth-order valence-electron chi connectivity index (χ4n) is 2.11. The highest BCUT2D eigenvalue weighted by molar-refractivity contribution is 5.74. The first kappa shape index (κ1) is 17.8. The smallest absolute Gasteiger partial charge is 0.317 e. The van der Waals surface area contributed by atoms with E-state index in [4.69, 9.17) is 9.84 Å². The molecule has 0 aromatic heterocycles. The van der Waals surface area contributed by atoms with Gasteiger partial charge in [0.2, 0.25) is 0 Å². The van der Waals surface area contributed by atoms with Crippen LogP contribution < -0.4 is 10.1 Å². The summed E-state index contributed by atoms with van der Waals surface area (Å²) in [7, 11) is 1.66. The van der Waals surface area contributed by atoms with Crippen LogP contribution in [0.25, 0.3) is 0 Å². The molecule has 1 atom stereocenters. The predicted octanol–water partition coefficient (Wildman–Crippen LogP) is 2.79. The molecular weight excluding hydrogens is 304 g/mol. The molecule has 0 fully saturated rings. The van der Waals surface area contributed by atoms with Crippen LogP contribution in [0.2, 0.25) is 0 Å². The maximum absolute atomic E-state index is 12.0. The molecule has 24 heavy (non-hydrogen) atoms. The molecule has 2 rings (SSSR count). The Balaban J connectivity index is 1.87. The van der Waals surface area contributed by atoms with Gasteiger partial charge in [0, 0.05) is 13.6 Å². The number of hydrogen-bond donors (Lipinski definition) is 2. The lowest BCUT2D eigenvalue weighted by atomic mass is 10.2. The van der Waals surface area contributed by atoms with Crippen molar-refractivity contribution in [3.05, 3.63) is 65.7 Å². The Bertz CT molecular complexity index is 646. The van der Waals surface area contributed by atoms with Crippen LogP contribution in [-0.4, -0.2) is 35.7 Å². The first-order valence-corrected chi connectivity index (χ1v) is 7.97. The second-order valence-electron chi connectivity index (χ2n) is 5.72. The first-order chi connectivity index (χ1) is 11.6. The highest BCUT2D eigenvalue weighted by atomic mass is 16.5. The third kappa shape index (κ3) is 5.28. The van der Waals surface area contributed by atoms with Crippen molar-refractivity contribution in [3.8, 4) is 5.75 Å². The summed E-state index contributed by atoms with van der Waals surface area (Å²) < 4.78 is 5.79. The second-order valence-corrected chi connectivity index (χ2v) is 5.72. The summed E-state index contributed by atoms with van der Waals surface area (Å²) >= 11 is 0. The number of amides is 2. The number of nitrogens with one attached hydrogen (secondary N) is 1. The van der Waals surface area contributed by atoms with E-state index >= 15 is 0 Å². The quantitative estimate of drug-likeness (QED) is 0.821. The fraction of sp³-hybridized carbons (Fsp3) is 0.316. The number of urea groups is 1.